The first-order valence-electron chi connectivity index (χ1n) is 9.28. The molecule has 1 aromatic rings. The van der Waals surface area contributed by atoms with Gasteiger partial charge in [-0.05, 0) is 38.8 Å². The van der Waals surface area contributed by atoms with Crippen molar-refractivity contribution in [2.75, 3.05) is 6.61 Å². The lowest BCUT2D eigenvalue weighted by atomic mass is 9.73. The minimum absolute atomic E-state index is 0.0872. The van der Waals surface area contributed by atoms with Crippen LogP contribution in [-0.2, 0) is 14.3 Å². The number of likely N-dealkylation sites (tertiary alicyclic amines) is 1. The van der Waals surface area contributed by atoms with E-state index in [1.807, 2.05) is 39.8 Å². The number of carbonyl (C=O) groups is 3. The first kappa shape index (κ1) is 19.9. The van der Waals surface area contributed by atoms with Crippen molar-refractivity contribution in [3.05, 3.63) is 35.9 Å². The van der Waals surface area contributed by atoms with E-state index < -0.39 is 40.8 Å². The fraction of sp³-hybridized carbons (Fsp3) is 0.476. The van der Waals surface area contributed by atoms with E-state index in [0.717, 1.165) is 0 Å². The van der Waals surface area contributed by atoms with Gasteiger partial charge in [-0.15, -0.1) is 0 Å². The molecular weight excluding hydrogens is 362 g/mol. The number of rotatable bonds is 3. The Kier molecular flexibility index (Phi) is 4.95. The zero-order chi connectivity index (χ0) is 20.8. The number of amides is 2. The van der Waals surface area contributed by atoms with Crippen molar-refractivity contribution < 1.29 is 29.3 Å². The second-order valence-electron chi connectivity index (χ2n) is 8.41. The minimum Gasteiger partial charge on any atom is -0.504 e. The standard InChI is InChI=1S/C21H25NO6/c1-11-8-9-12(10-28-20(27)13-6-5-7-14(23)17(13)24)16-15(11)18(25)22(19(16)26)21(2,3)4/h5-9,11-12,15-16,23-24H,10H2,1-4H3. The van der Waals surface area contributed by atoms with Gasteiger partial charge in [0, 0.05) is 11.5 Å². The van der Waals surface area contributed by atoms with E-state index in [0.29, 0.717) is 0 Å². The summed E-state index contributed by atoms with van der Waals surface area (Å²) in [5, 5.41) is 19.4. The van der Waals surface area contributed by atoms with Crippen LogP contribution in [0, 0.1) is 23.7 Å². The Morgan fingerprint density at radius 1 is 1.11 bits per heavy atom. The van der Waals surface area contributed by atoms with Crippen LogP contribution >= 0.6 is 0 Å². The van der Waals surface area contributed by atoms with Crippen LogP contribution in [0.5, 0.6) is 11.5 Å². The van der Waals surface area contributed by atoms with Gasteiger partial charge in [0.1, 0.15) is 5.56 Å². The number of esters is 1. The van der Waals surface area contributed by atoms with Crippen LogP contribution in [0.3, 0.4) is 0 Å². The molecule has 1 aromatic carbocycles. The predicted octanol–water partition coefficient (Wildman–Crippen LogP) is 2.48. The molecule has 0 aromatic heterocycles. The Balaban J connectivity index is 1.80. The van der Waals surface area contributed by atoms with E-state index in [1.165, 1.54) is 23.1 Å². The van der Waals surface area contributed by atoms with Crippen LogP contribution in [-0.4, -0.2) is 45.0 Å². The fourth-order valence-corrected chi connectivity index (χ4v) is 4.04. The maximum absolute atomic E-state index is 13.0. The normalized spacial score (nSPS) is 27.1. The highest BCUT2D eigenvalue weighted by Crippen LogP contribution is 2.44. The molecule has 1 aliphatic heterocycles. The first-order valence-corrected chi connectivity index (χ1v) is 9.28. The summed E-state index contributed by atoms with van der Waals surface area (Å²) >= 11 is 0. The molecule has 2 amide bonds. The molecule has 3 rings (SSSR count). The third-order valence-corrected chi connectivity index (χ3v) is 5.40. The van der Waals surface area contributed by atoms with Gasteiger partial charge in [0.15, 0.2) is 11.5 Å². The summed E-state index contributed by atoms with van der Waals surface area (Å²) in [6.07, 6.45) is 3.70. The van der Waals surface area contributed by atoms with Gasteiger partial charge in [0.2, 0.25) is 11.8 Å². The Morgan fingerprint density at radius 2 is 1.75 bits per heavy atom. The number of nitrogens with zero attached hydrogens (tertiary/aromatic N) is 1. The minimum atomic E-state index is -0.804. The number of phenolic OH excluding ortho intramolecular Hbond substituents is 2. The first-order chi connectivity index (χ1) is 13.0. The molecule has 1 fully saturated rings. The zero-order valence-corrected chi connectivity index (χ0v) is 16.4. The van der Waals surface area contributed by atoms with E-state index in [2.05, 4.69) is 0 Å². The van der Waals surface area contributed by atoms with Crippen molar-refractivity contribution in [3.63, 3.8) is 0 Å². The highest BCUT2D eigenvalue weighted by molar-refractivity contribution is 6.06. The third kappa shape index (κ3) is 3.25. The Bertz CT molecular complexity index is 853. The van der Waals surface area contributed by atoms with Gasteiger partial charge in [-0.3, -0.25) is 14.5 Å². The van der Waals surface area contributed by atoms with Crippen LogP contribution in [0.2, 0.25) is 0 Å². The monoisotopic (exact) mass is 387 g/mol. The lowest BCUT2D eigenvalue weighted by Gasteiger charge is -2.30. The summed E-state index contributed by atoms with van der Waals surface area (Å²) in [7, 11) is 0. The number of benzene rings is 1. The van der Waals surface area contributed by atoms with Crippen LogP contribution < -0.4 is 0 Å². The van der Waals surface area contributed by atoms with E-state index >= 15 is 0 Å². The summed E-state index contributed by atoms with van der Waals surface area (Å²) in [5.41, 5.74) is -0.783. The van der Waals surface area contributed by atoms with E-state index in [1.54, 1.807) is 0 Å². The molecule has 0 bridgehead atoms. The second kappa shape index (κ2) is 6.96. The smallest absolute Gasteiger partial charge is 0.342 e. The Morgan fingerprint density at radius 3 is 2.39 bits per heavy atom. The summed E-state index contributed by atoms with van der Waals surface area (Å²) in [4.78, 5) is 39.5. The number of para-hydroxylation sites is 1. The quantitative estimate of drug-likeness (QED) is 0.357. The second-order valence-corrected chi connectivity index (χ2v) is 8.41. The largest absolute Gasteiger partial charge is 0.504 e. The molecule has 28 heavy (non-hydrogen) atoms. The van der Waals surface area contributed by atoms with Crippen LogP contribution in [0.15, 0.2) is 30.4 Å². The molecule has 2 N–H and O–H groups in total. The van der Waals surface area contributed by atoms with Gasteiger partial charge in [0.05, 0.1) is 18.4 Å². The predicted molar refractivity (Wildman–Crippen MR) is 100 cm³/mol. The van der Waals surface area contributed by atoms with Crippen LogP contribution in [0.1, 0.15) is 38.1 Å². The van der Waals surface area contributed by atoms with E-state index in [9.17, 15) is 24.6 Å². The van der Waals surface area contributed by atoms with E-state index in [-0.39, 0.29) is 29.9 Å². The average molecular weight is 387 g/mol. The zero-order valence-electron chi connectivity index (χ0n) is 16.4. The summed E-state index contributed by atoms with van der Waals surface area (Å²) < 4.78 is 5.31. The van der Waals surface area contributed by atoms with Crippen LogP contribution in [0.4, 0.5) is 0 Å². The molecular formula is C21H25NO6. The van der Waals surface area contributed by atoms with Gasteiger partial charge < -0.3 is 14.9 Å². The highest BCUT2D eigenvalue weighted by Gasteiger charge is 2.56. The maximum Gasteiger partial charge on any atom is 0.342 e. The topological polar surface area (TPSA) is 104 Å². The summed E-state index contributed by atoms with van der Waals surface area (Å²) in [6.45, 7) is 7.25. The molecule has 1 heterocycles. The van der Waals surface area contributed by atoms with Gasteiger partial charge >= 0.3 is 5.97 Å². The number of hydrogen-bond donors (Lipinski definition) is 2. The Labute approximate surface area is 163 Å². The molecule has 0 radical (unpaired) electrons. The number of aromatic hydroxyl groups is 2. The van der Waals surface area contributed by atoms with E-state index in [4.69, 9.17) is 4.74 Å². The molecule has 0 spiro atoms. The number of hydrogen-bond acceptors (Lipinski definition) is 6. The number of phenols is 2. The van der Waals surface area contributed by atoms with Crippen molar-refractivity contribution in [2.24, 2.45) is 23.7 Å². The van der Waals surface area contributed by atoms with Gasteiger partial charge in [0.25, 0.3) is 0 Å². The fourth-order valence-electron chi connectivity index (χ4n) is 4.04. The lowest BCUT2D eigenvalue weighted by Crippen LogP contribution is -2.46. The molecule has 1 aliphatic carbocycles. The summed E-state index contributed by atoms with van der Waals surface area (Å²) in [6, 6.07) is 4.01. The summed E-state index contributed by atoms with van der Waals surface area (Å²) in [5.74, 6) is -3.80. The van der Waals surface area contributed by atoms with Gasteiger partial charge in [-0.2, -0.15) is 0 Å². The molecule has 7 nitrogen and oxygen atoms in total. The molecule has 7 heteroatoms. The van der Waals surface area contributed by atoms with Crippen molar-refractivity contribution in [2.45, 2.75) is 33.2 Å². The SMILES string of the molecule is CC1C=CC(COC(=O)c2cccc(O)c2O)C2C(=O)N(C(C)(C)C)C(=O)C12. The molecule has 2 aliphatic rings. The maximum atomic E-state index is 13.0. The highest BCUT2D eigenvalue weighted by atomic mass is 16.5. The number of ether oxygens (including phenoxy) is 1. The average Bonchev–Trinajstić information content (AvgIpc) is 2.88. The van der Waals surface area contributed by atoms with Crippen molar-refractivity contribution in [3.8, 4) is 11.5 Å². The molecule has 1 saturated heterocycles. The van der Waals surface area contributed by atoms with Crippen molar-refractivity contribution >= 4 is 17.8 Å². The number of fused-ring (bicyclic) bond motifs is 1. The molecule has 4 unspecified atom stereocenters. The molecule has 4 atom stereocenters. The number of imide groups is 1. The van der Waals surface area contributed by atoms with Gasteiger partial charge in [-0.1, -0.05) is 25.1 Å². The van der Waals surface area contributed by atoms with Gasteiger partial charge in [-0.25, -0.2) is 4.79 Å². The number of allylic oxidation sites excluding steroid dienone is 1. The van der Waals surface area contributed by atoms with Crippen LogP contribution in [0.25, 0.3) is 0 Å². The Hall–Kier alpha value is -2.83. The van der Waals surface area contributed by atoms with Crippen molar-refractivity contribution in [1.82, 2.24) is 4.90 Å². The third-order valence-electron chi connectivity index (χ3n) is 5.40. The molecule has 150 valence electrons. The lowest BCUT2D eigenvalue weighted by molar-refractivity contribution is -0.145. The molecule has 0 saturated carbocycles. The van der Waals surface area contributed by atoms with Crippen molar-refractivity contribution in [1.29, 1.82) is 0 Å². The number of carbonyl (C=O) groups excluding carboxylic acids is 3.